The summed E-state index contributed by atoms with van der Waals surface area (Å²) in [6.45, 7) is 1.98. The van der Waals surface area contributed by atoms with Crippen molar-refractivity contribution in [1.82, 2.24) is 10.2 Å². The zero-order valence-electron chi connectivity index (χ0n) is 13.0. The third kappa shape index (κ3) is 4.36. The lowest BCUT2D eigenvalue weighted by Gasteiger charge is -2.30. The predicted octanol–water partition coefficient (Wildman–Crippen LogP) is 1.19. The standard InChI is InChI=1S/C15H26N2O3S/c1-11(8-9-21(2)20)16-13-10-14(18)17(15(13)19)12-6-4-3-5-7-12/h11-13,16H,3-10H2,1-2H3. The second-order valence-electron chi connectivity index (χ2n) is 6.28. The van der Waals surface area contributed by atoms with Gasteiger partial charge in [0.2, 0.25) is 11.8 Å². The molecular weight excluding hydrogens is 288 g/mol. The molecule has 1 heterocycles. The van der Waals surface area contributed by atoms with Crippen molar-refractivity contribution in [2.45, 2.75) is 70.0 Å². The number of likely N-dealkylation sites (tertiary alicyclic amines) is 1. The van der Waals surface area contributed by atoms with Crippen LogP contribution in [-0.2, 0) is 20.4 Å². The van der Waals surface area contributed by atoms with Crippen LogP contribution in [-0.4, -0.2) is 51.1 Å². The molecule has 3 unspecified atom stereocenters. The molecule has 2 aliphatic rings. The van der Waals surface area contributed by atoms with Gasteiger partial charge in [0.25, 0.3) is 0 Å². The van der Waals surface area contributed by atoms with Crippen molar-refractivity contribution in [1.29, 1.82) is 0 Å². The molecule has 1 saturated heterocycles. The summed E-state index contributed by atoms with van der Waals surface area (Å²) in [7, 11) is -0.818. The molecule has 1 N–H and O–H groups in total. The molecule has 2 rings (SSSR count). The fraction of sp³-hybridized carbons (Fsp3) is 0.867. The van der Waals surface area contributed by atoms with E-state index in [1.807, 2.05) is 6.92 Å². The largest absolute Gasteiger partial charge is 0.303 e. The van der Waals surface area contributed by atoms with Crippen LogP contribution in [0, 0.1) is 0 Å². The fourth-order valence-corrected chi connectivity index (χ4v) is 3.96. The van der Waals surface area contributed by atoms with Crippen molar-refractivity contribution in [3.8, 4) is 0 Å². The molecule has 0 aromatic heterocycles. The van der Waals surface area contributed by atoms with Crippen LogP contribution in [0.15, 0.2) is 0 Å². The highest BCUT2D eigenvalue weighted by atomic mass is 32.2. The molecule has 5 nitrogen and oxygen atoms in total. The maximum atomic E-state index is 12.5. The van der Waals surface area contributed by atoms with Crippen LogP contribution in [0.2, 0.25) is 0 Å². The normalized spacial score (nSPS) is 27.1. The Labute approximate surface area is 129 Å². The van der Waals surface area contributed by atoms with E-state index in [0.29, 0.717) is 5.75 Å². The number of imide groups is 1. The molecule has 2 amide bonds. The second-order valence-corrected chi connectivity index (χ2v) is 7.84. The molecule has 0 spiro atoms. The van der Waals surface area contributed by atoms with E-state index in [2.05, 4.69) is 5.32 Å². The van der Waals surface area contributed by atoms with Crippen molar-refractivity contribution in [2.24, 2.45) is 0 Å². The van der Waals surface area contributed by atoms with Crippen LogP contribution < -0.4 is 5.32 Å². The zero-order chi connectivity index (χ0) is 15.4. The summed E-state index contributed by atoms with van der Waals surface area (Å²) in [5, 5.41) is 3.24. The number of rotatable bonds is 6. The summed E-state index contributed by atoms with van der Waals surface area (Å²) in [4.78, 5) is 26.1. The van der Waals surface area contributed by atoms with Gasteiger partial charge < -0.3 is 5.32 Å². The summed E-state index contributed by atoms with van der Waals surface area (Å²) in [5.74, 6) is 0.530. The highest BCUT2D eigenvalue weighted by Crippen LogP contribution is 2.27. The SMILES string of the molecule is CC(CCS(C)=O)NC1CC(=O)N(C2CCCCC2)C1=O. The van der Waals surface area contributed by atoms with Crippen molar-refractivity contribution >= 4 is 22.6 Å². The van der Waals surface area contributed by atoms with E-state index in [9.17, 15) is 13.8 Å². The number of nitrogens with zero attached hydrogens (tertiary/aromatic N) is 1. The molecule has 120 valence electrons. The third-order valence-corrected chi connectivity index (χ3v) is 5.26. The molecule has 21 heavy (non-hydrogen) atoms. The highest BCUT2D eigenvalue weighted by molar-refractivity contribution is 7.84. The number of carbonyl (C=O) groups is 2. The molecule has 0 radical (unpaired) electrons. The molecule has 1 saturated carbocycles. The van der Waals surface area contributed by atoms with Gasteiger partial charge >= 0.3 is 0 Å². The van der Waals surface area contributed by atoms with Crippen molar-refractivity contribution < 1.29 is 13.8 Å². The number of amides is 2. The van der Waals surface area contributed by atoms with E-state index in [0.717, 1.165) is 32.1 Å². The monoisotopic (exact) mass is 314 g/mol. The Kier molecular flexibility index (Phi) is 5.93. The van der Waals surface area contributed by atoms with Gasteiger partial charge in [0.05, 0.1) is 12.5 Å². The van der Waals surface area contributed by atoms with Crippen molar-refractivity contribution in [3.63, 3.8) is 0 Å². The lowest BCUT2D eigenvalue weighted by Crippen LogP contribution is -2.46. The minimum atomic E-state index is -0.818. The smallest absolute Gasteiger partial charge is 0.247 e. The Morgan fingerprint density at radius 2 is 1.95 bits per heavy atom. The molecule has 1 aliphatic heterocycles. The Morgan fingerprint density at radius 1 is 1.29 bits per heavy atom. The molecule has 3 atom stereocenters. The predicted molar refractivity (Wildman–Crippen MR) is 83.3 cm³/mol. The first-order chi connectivity index (χ1) is 9.99. The number of hydrogen-bond donors (Lipinski definition) is 1. The molecular formula is C15H26N2O3S. The van der Waals surface area contributed by atoms with Crippen LogP contribution >= 0.6 is 0 Å². The van der Waals surface area contributed by atoms with Gasteiger partial charge in [-0.3, -0.25) is 18.7 Å². The summed E-state index contributed by atoms with van der Waals surface area (Å²) in [6.07, 6.45) is 8.04. The van der Waals surface area contributed by atoms with Gasteiger partial charge in [0.15, 0.2) is 0 Å². The van der Waals surface area contributed by atoms with Gasteiger partial charge in [0, 0.05) is 34.9 Å². The summed E-state index contributed by atoms with van der Waals surface area (Å²) in [6, 6.07) is -0.175. The molecule has 6 heteroatoms. The Balaban J connectivity index is 1.89. The van der Waals surface area contributed by atoms with Crippen LogP contribution in [0.1, 0.15) is 51.9 Å². The first-order valence-corrected chi connectivity index (χ1v) is 9.63. The number of nitrogens with one attached hydrogen (secondary N) is 1. The van der Waals surface area contributed by atoms with Crippen molar-refractivity contribution in [2.75, 3.05) is 12.0 Å². The summed E-state index contributed by atoms with van der Waals surface area (Å²) in [5.41, 5.74) is 0. The summed E-state index contributed by atoms with van der Waals surface area (Å²) < 4.78 is 11.1. The zero-order valence-corrected chi connectivity index (χ0v) is 13.8. The minimum absolute atomic E-state index is 0.0318. The Hall–Kier alpha value is -0.750. The van der Waals surface area contributed by atoms with Gasteiger partial charge in [-0.2, -0.15) is 0 Å². The molecule has 0 aromatic carbocycles. The van der Waals surface area contributed by atoms with Crippen LogP contribution in [0.25, 0.3) is 0 Å². The third-order valence-electron chi connectivity index (χ3n) is 4.45. The molecule has 0 aromatic rings. The van der Waals surface area contributed by atoms with E-state index >= 15 is 0 Å². The maximum absolute atomic E-state index is 12.5. The van der Waals surface area contributed by atoms with Gasteiger partial charge in [-0.1, -0.05) is 19.3 Å². The summed E-state index contributed by atoms with van der Waals surface area (Å²) >= 11 is 0. The van der Waals surface area contributed by atoms with E-state index in [4.69, 9.17) is 0 Å². The topological polar surface area (TPSA) is 66.5 Å². The van der Waals surface area contributed by atoms with E-state index < -0.39 is 10.8 Å². The van der Waals surface area contributed by atoms with Crippen LogP contribution in [0.3, 0.4) is 0 Å². The average Bonchev–Trinajstić information content (AvgIpc) is 2.72. The first-order valence-electron chi connectivity index (χ1n) is 7.91. The Morgan fingerprint density at radius 3 is 2.57 bits per heavy atom. The quantitative estimate of drug-likeness (QED) is 0.748. The molecule has 0 bridgehead atoms. The average molecular weight is 314 g/mol. The van der Waals surface area contributed by atoms with Crippen LogP contribution in [0.5, 0.6) is 0 Å². The van der Waals surface area contributed by atoms with Gasteiger partial charge in [-0.15, -0.1) is 0 Å². The lowest BCUT2D eigenvalue weighted by molar-refractivity contribution is -0.142. The van der Waals surface area contributed by atoms with Gasteiger partial charge in [-0.05, 0) is 26.2 Å². The molecule has 1 aliphatic carbocycles. The second kappa shape index (κ2) is 7.49. The van der Waals surface area contributed by atoms with Gasteiger partial charge in [-0.25, -0.2) is 0 Å². The maximum Gasteiger partial charge on any atom is 0.247 e. The Bertz CT molecular complexity index is 421. The van der Waals surface area contributed by atoms with E-state index in [1.165, 1.54) is 11.3 Å². The lowest BCUT2D eigenvalue weighted by atomic mass is 9.94. The van der Waals surface area contributed by atoms with E-state index in [-0.39, 0.29) is 36.4 Å². The van der Waals surface area contributed by atoms with Gasteiger partial charge in [0.1, 0.15) is 0 Å². The minimum Gasteiger partial charge on any atom is -0.303 e. The van der Waals surface area contributed by atoms with Crippen LogP contribution in [0.4, 0.5) is 0 Å². The fourth-order valence-electron chi connectivity index (χ4n) is 3.27. The first kappa shape index (κ1) is 16.6. The van der Waals surface area contributed by atoms with Crippen molar-refractivity contribution in [3.05, 3.63) is 0 Å². The number of carbonyl (C=O) groups excluding carboxylic acids is 2. The molecule has 2 fully saturated rings. The number of hydrogen-bond acceptors (Lipinski definition) is 4. The van der Waals surface area contributed by atoms with E-state index in [1.54, 1.807) is 6.26 Å². The highest BCUT2D eigenvalue weighted by Gasteiger charge is 2.42.